The summed E-state index contributed by atoms with van der Waals surface area (Å²) in [4.78, 5) is 0. The SMILES string of the molecule is CC(C)B(S)I. The van der Waals surface area contributed by atoms with Gasteiger partial charge in [-0.1, -0.05) is 13.8 Å². The van der Waals surface area contributed by atoms with Gasteiger partial charge in [0, 0.05) is 0 Å². The maximum absolute atomic E-state index is 4.18. The minimum absolute atomic E-state index is 0.516. The first-order valence-electron chi connectivity index (χ1n) is 1.96. The van der Waals surface area contributed by atoms with E-state index in [1.807, 2.05) is 0 Å². The summed E-state index contributed by atoms with van der Waals surface area (Å²) in [5, 5.41) is 0. The van der Waals surface area contributed by atoms with Crippen LogP contribution in [-0.4, -0.2) is 3.85 Å². The van der Waals surface area contributed by atoms with Gasteiger partial charge < -0.3 is 0 Å². The molecule has 0 rings (SSSR count). The molecule has 0 spiro atoms. The first kappa shape index (κ1) is 7.14. The van der Waals surface area contributed by atoms with Gasteiger partial charge in [-0.05, 0) is 5.82 Å². The zero-order valence-corrected chi connectivity index (χ0v) is 7.03. The molecular formula is C3H8BIS. The second-order valence-electron chi connectivity index (χ2n) is 1.62. The zero-order chi connectivity index (χ0) is 5.15. The van der Waals surface area contributed by atoms with Gasteiger partial charge in [0.2, 0.25) is 0 Å². The van der Waals surface area contributed by atoms with Gasteiger partial charge in [0.25, 0.3) is 3.85 Å². The van der Waals surface area contributed by atoms with Gasteiger partial charge in [0.1, 0.15) is 0 Å². The van der Waals surface area contributed by atoms with Crippen molar-refractivity contribution in [3.8, 4) is 0 Å². The maximum Gasteiger partial charge on any atom is 0.280 e. The number of hydrogen-bond donors (Lipinski definition) is 1. The van der Waals surface area contributed by atoms with Gasteiger partial charge in [-0.3, -0.25) is 0 Å². The van der Waals surface area contributed by atoms with Crippen molar-refractivity contribution in [3.05, 3.63) is 0 Å². The first-order valence-corrected chi connectivity index (χ1v) is 3.73. The van der Waals surface area contributed by atoms with E-state index in [2.05, 4.69) is 48.7 Å². The molecular weight excluding hydrogens is 206 g/mol. The van der Waals surface area contributed by atoms with E-state index >= 15 is 0 Å². The Hall–Kier alpha value is 1.14. The van der Waals surface area contributed by atoms with E-state index in [4.69, 9.17) is 0 Å². The molecule has 0 heterocycles. The van der Waals surface area contributed by atoms with Crippen LogP contribution in [0, 0.1) is 0 Å². The van der Waals surface area contributed by atoms with Crippen LogP contribution < -0.4 is 0 Å². The molecule has 36 valence electrons. The lowest BCUT2D eigenvalue weighted by atomic mass is 9.90. The number of hydrogen-bond acceptors (Lipinski definition) is 1. The van der Waals surface area contributed by atoms with Crippen molar-refractivity contribution in [3.63, 3.8) is 0 Å². The molecule has 6 heavy (non-hydrogen) atoms. The van der Waals surface area contributed by atoms with Crippen LogP contribution in [0.4, 0.5) is 0 Å². The van der Waals surface area contributed by atoms with E-state index in [0.29, 0.717) is 9.66 Å². The quantitative estimate of drug-likeness (QED) is 0.386. The van der Waals surface area contributed by atoms with Crippen LogP contribution in [0.5, 0.6) is 0 Å². The van der Waals surface area contributed by atoms with Gasteiger partial charge >= 0.3 is 0 Å². The monoisotopic (exact) mass is 214 g/mol. The largest absolute Gasteiger partial charge is 0.280 e. The second kappa shape index (κ2) is 3.19. The molecule has 0 saturated carbocycles. The van der Waals surface area contributed by atoms with Crippen molar-refractivity contribution in [1.29, 1.82) is 0 Å². The second-order valence-corrected chi connectivity index (χ2v) is 4.50. The smallest absolute Gasteiger partial charge is 0.213 e. The molecule has 0 amide bonds. The minimum atomic E-state index is 0.516. The Balaban J connectivity index is 2.99. The van der Waals surface area contributed by atoms with Crippen LogP contribution in [0.2, 0.25) is 5.82 Å². The first-order chi connectivity index (χ1) is 2.64. The molecule has 0 aliphatic rings. The van der Waals surface area contributed by atoms with Crippen molar-refractivity contribution < 1.29 is 0 Å². The highest BCUT2D eigenvalue weighted by Crippen LogP contribution is 2.15. The van der Waals surface area contributed by atoms with E-state index < -0.39 is 0 Å². The third-order valence-corrected chi connectivity index (χ3v) is 2.58. The lowest BCUT2D eigenvalue weighted by Crippen LogP contribution is -1.95. The van der Waals surface area contributed by atoms with Crippen LogP contribution in [-0.2, 0) is 0 Å². The molecule has 0 fully saturated rings. The molecule has 0 saturated heterocycles. The van der Waals surface area contributed by atoms with E-state index in [9.17, 15) is 0 Å². The van der Waals surface area contributed by atoms with Crippen molar-refractivity contribution in [2.24, 2.45) is 0 Å². The molecule has 0 radical (unpaired) electrons. The van der Waals surface area contributed by atoms with E-state index in [1.54, 1.807) is 0 Å². The average Bonchev–Trinajstić information content (AvgIpc) is 1.36. The van der Waals surface area contributed by atoms with Crippen molar-refractivity contribution in [2.75, 3.05) is 0 Å². The summed E-state index contributed by atoms with van der Waals surface area (Å²) in [5.74, 6) is 0.703. The maximum atomic E-state index is 4.18. The lowest BCUT2D eigenvalue weighted by molar-refractivity contribution is 1.07. The molecule has 0 unspecified atom stereocenters. The summed E-state index contributed by atoms with van der Waals surface area (Å²) in [6, 6.07) is 0. The summed E-state index contributed by atoms with van der Waals surface area (Å²) in [5.41, 5.74) is 0. The van der Waals surface area contributed by atoms with Gasteiger partial charge in [-0.15, -0.1) is 22.4 Å². The summed E-state index contributed by atoms with van der Waals surface area (Å²) >= 11 is 6.48. The van der Waals surface area contributed by atoms with E-state index in [-0.39, 0.29) is 0 Å². The number of thiol groups is 1. The average molecular weight is 214 g/mol. The molecule has 0 N–H and O–H groups in total. The van der Waals surface area contributed by atoms with Gasteiger partial charge in [0.05, 0.1) is 0 Å². The topological polar surface area (TPSA) is 0 Å². The third kappa shape index (κ3) is 3.34. The Kier molecular flexibility index (Phi) is 3.79. The molecule has 0 aromatic heterocycles. The highest BCUT2D eigenvalue weighted by Gasteiger charge is 2.05. The molecule has 3 heteroatoms. The summed E-state index contributed by atoms with van der Waals surface area (Å²) < 4.78 is 0.516. The van der Waals surface area contributed by atoms with Crippen LogP contribution in [0.25, 0.3) is 0 Å². The fourth-order valence-corrected chi connectivity index (χ4v) is 0. The Morgan fingerprint density at radius 1 is 1.67 bits per heavy atom. The molecule has 0 bridgehead atoms. The summed E-state index contributed by atoms with van der Waals surface area (Å²) in [6.07, 6.45) is 0. The van der Waals surface area contributed by atoms with Crippen LogP contribution in [0.15, 0.2) is 0 Å². The lowest BCUT2D eigenvalue weighted by Gasteiger charge is -1.97. The highest BCUT2D eigenvalue weighted by atomic mass is 127. The van der Waals surface area contributed by atoms with Crippen molar-refractivity contribution >= 4 is 38.7 Å². The van der Waals surface area contributed by atoms with Crippen LogP contribution in [0.1, 0.15) is 13.8 Å². The fourth-order valence-electron chi connectivity index (χ4n) is 0. The Morgan fingerprint density at radius 2 is 1.83 bits per heavy atom. The Bertz CT molecular complexity index is 31.8. The third-order valence-electron chi connectivity index (χ3n) is 0.550. The number of halogens is 1. The predicted molar refractivity (Wildman–Crippen MR) is 43.9 cm³/mol. The molecule has 0 aliphatic heterocycles. The molecule has 0 aromatic rings. The van der Waals surface area contributed by atoms with Crippen LogP contribution >= 0.6 is 34.9 Å². The molecule has 0 aliphatic carbocycles. The van der Waals surface area contributed by atoms with Crippen molar-refractivity contribution in [1.82, 2.24) is 0 Å². The minimum Gasteiger partial charge on any atom is -0.213 e. The molecule has 0 atom stereocenters. The normalized spacial score (nSPS) is 9.50. The van der Waals surface area contributed by atoms with Crippen LogP contribution in [0.3, 0.4) is 0 Å². The fraction of sp³-hybridized carbons (Fsp3) is 1.00. The number of rotatable bonds is 1. The predicted octanol–water partition coefficient (Wildman–Crippen LogP) is 2.25. The van der Waals surface area contributed by atoms with E-state index in [1.165, 1.54) is 0 Å². The zero-order valence-electron chi connectivity index (χ0n) is 3.98. The molecule has 0 aromatic carbocycles. The van der Waals surface area contributed by atoms with Gasteiger partial charge in [-0.25, -0.2) is 12.5 Å². The highest BCUT2D eigenvalue weighted by molar-refractivity contribution is 14.1. The van der Waals surface area contributed by atoms with Gasteiger partial charge in [-0.2, -0.15) is 0 Å². The molecule has 0 nitrogen and oxygen atoms in total. The Labute approximate surface area is 58.3 Å². The standard InChI is InChI=1S/C3H8BIS/c1-3(2)4(5)6/h3,6H,1-2H3. The Morgan fingerprint density at radius 3 is 1.83 bits per heavy atom. The van der Waals surface area contributed by atoms with E-state index in [0.717, 1.165) is 0 Å². The summed E-state index contributed by atoms with van der Waals surface area (Å²) in [7, 11) is 0. The summed E-state index contributed by atoms with van der Waals surface area (Å²) in [6.45, 7) is 4.31. The van der Waals surface area contributed by atoms with Crippen molar-refractivity contribution in [2.45, 2.75) is 19.7 Å². The van der Waals surface area contributed by atoms with Gasteiger partial charge in [0.15, 0.2) is 0 Å².